The Kier molecular flexibility index (Phi) is 7.35. The van der Waals surface area contributed by atoms with Crippen molar-refractivity contribution in [3.63, 3.8) is 0 Å². The van der Waals surface area contributed by atoms with E-state index in [2.05, 4.69) is 17.9 Å². The van der Waals surface area contributed by atoms with Gasteiger partial charge in [-0.25, -0.2) is 5.84 Å². The third-order valence-electron chi connectivity index (χ3n) is 2.53. The smallest absolute Gasteiger partial charge is 0.280 e. The zero-order valence-electron chi connectivity index (χ0n) is 11.7. The second-order valence-electron chi connectivity index (χ2n) is 5.08. The first kappa shape index (κ1) is 18.2. The van der Waals surface area contributed by atoms with Crippen LogP contribution < -0.4 is 22.3 Å². The van der Waals surface area contributed by atoms with Gasteiger partial charge in [-0.05, 0) is 32.9 Å². The second kappa shape index (κ2) is 7.68. The molecule has 7 nitrogen and oxygen atoms in total. The van der Waals surface area contributed by atoms with Crippen LogP contribution in [0.2, 0.25) is 0 Å². The number of hydrogen-bond acceptors (Lipinski definition) is 6. The first-order valence-corrected chi connectivity index (χ1v) is 6.63. The first-order chi connectivity index (χ1) is 8.64. The SMILES string of the molecule is CC(C)(CCOC(C)(N)C(=O)NN)NC(=O)CCS. The zero-order valence-corrected chi connectivity index (χ0v) is 12.5. The number of ether oxygens (including phenoxy) is 1. The Morgan fingerprint density at radius 1 is 1.32 bits per heavy atom. The number of rotatable bonds is 8. The Morgan fingerprint density at radius 2 is 1.89 bits per heavy atom. The summed E-state index contributed by atoms with van der Waals surface area (Å²) in [5.74, 6) is 4.81. The Hall–Kier alpha value is -0.830. The maximum Gasteiger partial charge on any atom is 0.280 e. The van der Waals surface area contributed by atoms with Gasteiger partial charge in [0.05, 0.1) is 6.61 Å². The Labute approximate surface area is 119 Å². The molecule has 0 aromatic carbocycles. The van der Waals surface area contributed by atoms with E-state index in [9.17, 15) is 9.59 Å². The molecule has 0 aliphatic rings. The summed E-state index contributed by atoms with van der Waals surface area (Å²) in [5.41, 5.74) is 5.64. The molecule has 0 aromatic heterocycles. The van der Waals surface area contributed by atoms with Crippen LogP contribution >= 0.6 is 12.6 Å². The number of amides is 2. The molecule has 0 fully saturated rings. The molecule has 0 aromatic rings. The highest BCUT2D eigenvalue weighted by molar-refractivity contribution is 7.80. The van der Waals surface area contributed by atoms with Crippen LogP contribution in [0.15, 0.2) is 0 Å². The molecule has 0 rings (SSSR count). The van der Waals surface area contributed by atoms with E-state index < -0.39 is 17.2 Å². The summed E-state index contributed by atoms with van der Waals surface area (Å²) in [5, 5.41) is 2.85. The monoisotopic (exact) mass is 292 g/mol. The molecule has 8 heteroatoms. The van der Waals surface area contributed by atoms with Gasteiger partial charge < -0.3 is 10.1 Å². The molecule has 6 N–H and O–H groups in total. The molecule has 0 aliphatic heterocycles. The standard InChI is InChI=1S/C11H24N4O3S/c1-10(2,14-8(16)4-7-19)5-6-18-11(3,12)9(17)15-13/h19H,4-7,12-13H2,1-3H3,(H,14,16)(H,15,17). The summed E-state index contributed by atoms with van der Waals surface area (Å²) >= 11 is 3.99. The highest BCUT2D eigenvalue weighted by Gasteiger charge is 2.29. The number of hydrogen-bond donors (Lipinski definition) is 5. The van der Waals surface area contributed by atoms with Crippen molar-refractivity contribution in [1.82, 2.24) is 10.7 Å². The van der Waals surface area contributed by atoms with E-state index >= 15 is 0 Å². The third-order valence-corrected chi connectivity index (χ3v) is 2.75. The Morgan fingerprint density at radius 3 is 2.37 bits per heavy atom. The van der Waals surface area contributed by atoms with Crippen molar-refractivity contribution in [2.45, 2.75) is 44.9 Å². The van der Waals surface area contributed by atoms with Gasteiger partial charge in [0.1, 0.15) is 0 Å². The number of nitrogens with one attached hydrogen (secondary N) is 2. The predicted molar refractivity (Wildman–Crippen MR) is 76.2 cm³/mol. The molecular formula is C11H24N4O3S. The molecule has 0 heterocycles. The summed E-state index contributed by atoms with van der Waals surface area (Å²) in [4.78, 5) is 22.8. The van der Waals surface area contributed by atoms with Gasteiger partial charge in [-0.2, -0.15) is 12.6 Å². The molecule has 112 valence electrons. The molecule has 1 unspecified atom stereocenters. The lowest BCUT2D eigenvalue weighted by Gasteiger charge is -2.29. The number of hydrazine groups is 1. The average Bonchev–Trinajstić information content (AvgIpc) is 2.26. The van der Waals surface area contributed by atoms with Crippen molar-refractivity contribution in [2.24, 2.45) is 11.6 Å². The van der Waals surface area contributed by atoms with Gasteiger partial charge >= 0.3 is 0 Å². The van der Waals surface area contributed by atoms with Crippen LogP contribution in [0.3, 0.4) is 0 Å². The highest BCUT2D eigenvalue weighted by atomic mass is 32.1. The minimum absolute atomic E-state index is 0.0739. The quantitative estimate of drug-likeness (QED) is 0.133. The van der Waals surface area contributed by atoms with Crippen LogP contribution in [0.25, 0.3) is 0 Å². The summed E-state index contributed by atoms with van der Waals surface area (Å²) in [6.07, 6.45) is 0.869. The van der Waals surface area contributed by atoms with Gasteiger partial charge in [-0.3, -0.25) is 20.7 Å². The maximum atomic E-state index is 11.5. The van der Waals surface area contributed by atoms with Crippen LogP contribution in [0.1, 0.15) is 33.6 Å². The molecule has 0 saturated heterocycles. The van der Waals surface area contributed by atoms with Gasteiger partial charge in [0, 0.05) is 12.0 Å². The van der Waals surface area contributed by atoms with Crippen molar-refractivity contribution in [2.75, 3.05) is 12.4 Å². The minimum Gasteiger partial charge on any atom is -0.352 e. The predicted octanol–water partition coefficient (Wildman–Crippen LogP) is -0.727. The van der Waals surface area contributed by atoms with E-state index in [1.165, 1.54) is 6.92 Å². The van der Waals surface area contributed by atoms with Crippen molar-refractivity contribution in [1.29, 1.82) is 0 Å². The highest BCUT2D eigenvalue weighted by Crippen LogP contribution is 2.11. The fraction of sp³-hybridized carbons (Fsp3) is 0.818. The topological polar surface area (TPSA) is 119 Å². The van der Waals surface area contributed by atoms with Crippen LogP contribution in [-0.2, 0) is 14.3 Å². The van der Waals surface area contributed by atoms with Gasteiger partial charge in [0.2, 0.25) is 5.91 Å². The normalized spacial score (nSPS) is 14.6. The molecular weight excluding hydrogens is 268 g/mol. The number of carbonyl (C=O) groups is 2. The van der Waals surface area contributed by atoms with Gasteiger partial charge in [-0.1, -0.05) is 0 Å². The lowest BCUT2D eigenvalue weighted by atomic mass is 10.0. The van der Waals surface area contributed by atoms with Crippen LogP contribution in [-0.4, -0.2) is 35.4 Å². The molecule has 1 atom stereocenters. The molecule has 0 spiro atoms. The van der Waals surface area contributed by atoms with E-state index in [0.717, 1.165) is 0 Å². The molecule has 0 radical (unpaired) electrons. The van der Waals surface area contributed by atoms with Crippen LogP contribution in [0, 0.1) is 0 Å². The van der Waals surface area contributed by atoms with Crippen molar-refractivity contribution in [3.8, 4) is 0 Å². The van der Waals surface area contributed by atoms with Crippen molar-refractivity contribution in [3.05, 3.63) is 0 Å². The van der Waals surface area contributed by atoms with Crippen LogP contribution in [0.4, 0.5) is 0 Å². The van der Waals surface area contributed by atoms with Crippen molar-refractivity contribution >= 4 is 24.4 Å². The summed E-state index contributed by atoms with van der Waals surface area (Å²) in [6.45, 7) is 5.36. The molecule has 2 amide bonds. The fourth-order valence-corrected chi connectivity index (χ4v) is 1.53. The summed E-state index contributed by atoms with van der Waals surface area (Å²) in [7, 11) is 0. The number of nitrogens with two attached hydrogens (primary N) is 2. The van der Waals surface area contributed by atoms with Gasteiger partial charge in [0.25, 0.3) is 5.91 Å². The molecule has 0 saturated carbocycles. The Bertz CT molecular complexity index is 321. The first-order valence-electron chi connectivity index (χ1n) is 6.00. The number of thiol groups is 1. The van der Waals surface area contributed by atoms with Gasteiger partial charge in [0.15, 0.2) is 5.72 Å². The van der Waals surface area contributed by atoms with E-state index in [1.54, 1.807) is 0 Å². The van der Waals surface area contributed by atoms with Crippen LogP contribution in [0.5, 0.6) is 0 Å². The average molecular weight is 292 g/mol. The van der Waals surface area contributed by atoms with Crippen molar-refractivity contribution < 1.29 is 14.3 Å². The summed E-state index contributed by atoms with van der Waals surface area (Å²) < 4.78 is 5.28. The maximum absolute atomic E-state index is 11.5. The fourth-order valence-electron chi connectivity index (χ4n) is 1.33. The molecule has 19 heavy (non-hydrogen) atoms. The minimum atomic E-state index is -1.49. The lowest BCUT2D eigenvalue weighted by molar-refractivity contribution is -0.145. The Balaban J connectivity index is 4.18. The molecule has 0 aliphatic carbocycles. The number of carbonyl (C=O) groups excluding carboxylic acids is 2. The third kappa shape index (κ3) is 7.36. The lowest BCUT2D eigenvalue weighted by Crippen LogP contribution is -2.56. The molecule has 0 bridgehead atoms. The zero-order chi connectivity index (χ0) is 15.1. The van der Waals surface area contributed by atoms with E-state index in [4.69, 9.17) is 16.3 Å². The largest absolute Gasteiger partial charge is 0.352 e. The van der Waals surface area contributed by atoms with E-state index in [0.29, 0.717) is 18.6 Å². The second-order valence-corrected chi connectivity index (χ2v) is 5.53. The van der Waals surface area contributed by atoms with E-state index in [-0.39, 0.29) is 12.5 Å². The summed E-state index contributed by atoms with van der Waals surface area (Å²) in [6, 6.07) is 0. The van der Waals surface area contributed by atoms with E-state index in [1.807, 2.05) is 19.3 Å². The van der Waals surface area contributed by atoms with Gasteiger partial charge in [-0.15, -0.1) is 0 Å².